The second-order valence-electron chi connectivity index (χ2n) is 9.91. The Hall–Kier alpha value is -3.05. The Morgan fingerprint density at radius 1 is 0.809 bits per heavy atom. The number of ether oxygens (including phenoxy) is 3. The second-order valence-corrected chi connectivity index (χ2v) is 13.0. The SMILES string of the molecule is CC(C)C(N)=O.CC(C)C(N)=S.CCOC(=O)C(Cl)C=O.CCOC(=O)c1cnc(C(C)C)s1.CCOC(=O)c1cnc([C@@H](C)N)s1. The fraction of sp³-hybridized carbons (Fsp3) is 0.600. The van der Waals surface area contributed by atoms with E-state index < -0.39 is 11.3 Å². The Kier molecular flexibility index (Phi) is 28.8. The number of alkyl halides is 1. The van der Waals surface area contributed by atoms with Crippen LogP contribution >= 0.6 is 46.5 Å². The van der Waals surface area contributed by atoms with Crippen molar-refractivity contribution < 1.29 is 38.2 Å². The van der Waals surface area contributed by atoms with Crippen LogP contribution in [0.4, 0.5) is 0 Å². The van der Waals surface area contributed by atoms with E-state index in [0.717, 1.165) is 10.0 Å². The minimum Gasteiger partial charge on any atom is -0.465 e. The summed E-state index contributed by atoms with van der Waals surface area (Å²) < 4.78 is 14.1. The van der Waals surface area contributed by atoms with Gasteiger partial charge in [0.25, 0.3) is 0 Å². The van der Waals surface area contributed by atoms with Gasteiger partial charge in [-0.1, -0.05) is 53.8 Å². The summed E-state index contributed by atoms with van der Waals surface area (Å²) in [6, 6.07) is -0.131. The van der Waals surface area contributed by atoms with Crippen molar-refractivity contribution in [2.75, 3.05) is 19.8 Å². The number of amides is 1. The highest BCUT2D eigenvalue weighted by Gasteiger charge is 2.14. The van der Waals surface area contributed by atoms with Gasteiger partial charge in [-0.2, -0.15) is 0 Å². The number of aldehydes is 1. The highest BCUT2D eigenvalue weighted by Crippen LogP contribution is 2.21. The lowest BCUT2D eigenvalue weighted by Crippen LogP contribution is -2.18. The third-order valence-corrected chi connectivity index (χ3v) is 7.86. The molecule has 0 aliphatic heterocycles. The fourth-order valence-electron chi connectivity index (χ4n) is 1.92. The number of nitrogens with zero attached hydrogens (tertiary/aromatic N) is 2. The molecule has 0 bridgehead atoms. The molecule has 6 N–H and O–H groups in total. The summed E-state index contributed by atoms with van der Waals surface area (Å²) in [5.74, 6) is -0.804. The van der Waals surface area contributed by atoms with Gasteiger partial charge in [0.2, 0.25) is 5.91 Å². The molecule has 0 saturated heterocycles. The van der Waals surface area contributed by atoms with Gasteiger partial charge in [-0.3, -0.25) is 4.79 Å². The third kappa shape index (κ3) is 24.7. The molecule has 0 radical (unpaired) electrons. The van der Waals surface area contributed by atoms with Crippen LogP contribution in [0.1, 0.15) is 111 Å². The first-order valence-electron chi connectivity index (χ1n) is 14.7. The minimum absolute atomic E-state index is 0.00926. The van der Waals surface area contributed by atoms with Crippen LogP contribution in [0.15, 0.2) is 12.4 Å². The summed E-state index contributed by atoms with van der Waals surface area (Å²) in [6.45, 7) is 19.7. The molecule has 0 saturated carbocycles. The summed E-state index contributed by atoms with van der Waals surface area (Å²) in [4.78, 5) is 62.4. The van der Waals surface area contributed by atoms with Crippen LogP contribution < -0.4 is 17.2 Å². The molecule has 0 fully saturated rings. The monoisotopic (exact) mass is 739 g/mol. The van der Waals surface area contributed by atoms with Gasteiger partial charge >= 0.3 is 17.9 Å². The predicted octanol–water partition coefficient (Wildman–Crippen LogP) is 5.19. The quantitative estimate of drug-likeness (QED) is 0.0676. The van der Waals surface area contributed by atoms with E-state index in [2.05, 4.69) is 26.9 Å². The lowest BCUT2D eigenvalue weighted by molar-refractivity contribution is -0.143. The van der Waals surface area contributed by atoms with E-state index in [4.69, 9.17) is 38.3 Å². The van der Waals surface area contributed by atoms with Crippen molar-refractivity contribution in [1.29, 1.82) is 0 Å². The van der Waals surface area contributed by atoms with Gasteiger partial charge in [0.15, 0.2) is 5.38 Å². The Labute approximate surface area is 296 Å². The van der Waals surface area contributed by atoms with Crippen LogP contribution in [-0.4, -0.2) is 70.3 Å². The Morgan fingerprint density at radius 3 is 1.40 bits per heavy atom. The van der Waals surface area contributed by atoms with Crippen LogP contribution in [0.2, 0.25) is 0 Å². The van der Waals surface area contributed by atoms with Crippen molar-refractivity contribution in [1.82, 2.24) is 9.97 Å². The first-order chi connectivity index (χ1) is 21.8. The van der Waals surface area contributed by atoms with Gasteiger partial charge in [0.05, 0.1) is 48.3 Å². The van der Waals surface area contributed by atoms with Crippen molar-refractivity contribution in [2.24, 2.45) is 29.0 Å². The summed E-state index contributed by atoms with van der Waals surface area (Å²) in [6.07, 6.45) is 3.42. The maximum absolute atomic E-state index is 11.2. The summed E-state index contributed by atoms with van der Waals surface area (Å²) in [7, 11) is 0. The lowest BCUT2D eigenvalue weighted by atomic mass is 10.2. The molecule has 17 heteroatoms. The first kappa shape index (κ1) is 48.3. The molecule has 2 rings (SSSR count). The van der Waals surface area contributed by atoms with Gasteiger partial charge < -0.3 is 36.2 Å². The zero-order valence-corrected chi connectivity index (χ0v) is 31.9. The molecule has 1 amide bonds. The molecule has 0 aliphatic rings. The molecular formula is C30H50ClN5O8S3. The molecule has 0 aromatic carbocycles. The Balaban J connectivity index is -0.000000536. The second kappa shape index (κ2) is 28.0. The largest absolute Gasteiger partial charge is 0.465 e. The molecule has 13 nitrogen and oxygen atoms in total. The highest BCUT2D eigenvalue weighted by molar-refractivity contribution is 7.80. The average Bonchev–Trinajstić information content (AvgIpc) is 3.70. The smallest absolute Gasteiger partial charge is 0.349 e. The van der Waals surface area contributed by atoms with Crippen molar-refractivity contribution in [3.8, 4) is 0 Å². The highest BCUT2D eigenvalue weighted by atomic mass is 35.5. The molecule has 268 valence electrons. The van der Waals surface area contributed by atoms with Crippen molar-refractivity contribution in [3.05, 3.63) is 32.2 Å². The maximum atomic E-state index is 11.2. The van der Waals surface area contributed by atoms with Crippen molar-refractivity contribution in [3.63, 3.8) is 0 Å². The predicted molar refractivity (Wildman–Crippen MR) is 191 cm³/mol. The molecule has 47 heavy (non-hydrogen) atoms. The van der Waals surface area contributed by atoms with Crippen LogP contribution in [0.3, 0.4) is 0 Å². The number of hydrogen-bond acceptors (Lipinski definition) is 14. The molecule has 1 unspecified atom stereocenters. The molecule has 0 aliphatic carbocycles. The molecular weight excluding hydrogens is 690 g/mol. The zero-order chi connectivity index (χ0) is 37.3. The normalized spacial score (nSPS) is 11.0. The zero-order valence-electron chi connectivity index (χ0n) is 28.7. The van der Waals surface area contributed by atoms with Crippen LogP contribution in [0.25, 0.3) is 0 Å². The van der Waals surface area contributed by atoms with E-state index in [1.165, 1.54) is 28.9 Å². The van der Waals surface area contributed by atoms with Gasteiger partial charge in [-0.05, 0) is 27.7 Å². The number of halogens is 1. The number of hydrogen-bond donors (Lipinski definition) is 3. The van der Waals surface area contributed by atoms with Gasteiger partial charge in [0.1, 0.15) is 21.0 Å². The average molecular weight is 740 g/mol. The maximum Gasteiger partial charge on any atom is 0.349 e. The number of thiocarbonyl (C=S) groups is 1. The Morgan fingerprint density at radius 2 is 1.17 bits per heavy atom. The van der Waals surface area contributed by atoms with Crippen LogP contribution in [0, 0.1) is 11.8 Å². The van der Waals surface area contributed by atoms with Gasteiger partial charge in [0, 0.05) is 17.8 Å². The van der Waals surface area contributed by atoms with Crippen molar-refractivity contribution >= 4 is 81.6 Å². The first-order valence-corrected chi connectivity index (χ1v) is 17.1. The van der Waals surface area contributed by atoms with E-state index in [1.54, 1.807) is 40.8 Å². The van der Waals surface area contributed by atoms with Crippen molar-refractivity contribution in [2.45, 2.75) is 86.6 Å². The van der Waals surface area contributed by atoms with E-state index in [-0.39, 0.29) is 36.4 Å². The number of aromatic nitrogens is 2. The van der Waals surface area contributed by atoms with E-state index in [9.17, 15) is 24.0 Å². The summed E-state index contributed by atoms with van der Waals surface area (Å²) in [5.41, 5.74) is 15.6. The third-order valence-electron chi connectivity index (χ3n) is 4.65. The number of carbonyl (C=O) groups excluding carboxylic acids is 5. The van der Waals surface area contributed by atoms with Gasteiger partial charge in [-0.15, -0.1) is 34.3 Å². The number of primary amides is 1. The standard InChI is InChI=1S/C9H13NO2S.C8H12N2O2S.C5H7ClO3.C4H9NO.C4H9NS/c1-4-12-9(11)7-5-10-8(13-7)6(2)3;1-3-12-8(11)6-4-10-7(13-6)5(2)9;1-2-9-5(8)4(6)3-7;2*1-3(2)4(5)6/h5-6H,4H2,1-3H3;4-5H,3,9H2,1-2H3;3-4H,2H2,1H3;2*3H,1-2H3,(H2,5,6)/t;5-;;;/m.1.../s1. The number of thiazole rings is 2. The summed E-state index contributed by atoms with van der Waals surface area (Å²) in [5, 5.41) is 0.580. The number of esters is 3. The van der Waals surface area contributed by atoms with Crippen LogP contribution in [0.5, 0.6) is 0 Å². The number of nitrogens with two attached hydrogens (primary N) is 3. The summed E-state index contributed by atoms with van der Waals surface area (Å²) >= 11 is 12.4. The fourth-order valence-corrected chi connectivity index (χ4v) is 3.56. The minimum atomic E-state index is -1.15. The molecule has 2 heterocycles. The lowest BCUT2D eigenvalue weighted by Gasteiger charge is -1.99. The number of carbonyl (C=O) groups is 5. The molecule has 0 spiro atoms. The molecule has 2 aromatic heterocycles. The van der Waals surface area contributed by atoms with Gasteiger partial charge in [-0.25, -0.2) is 24.4 Å². The van der Waals surface area contributed by atoms with E-state index >= 15 is 0 Å². The molecule has 2 aromatic rings. The Bertz CT molecular complexity index is 1140. The van der Waals surface area contributed by atoms with E-state index in [1.807, 2.05) is 34.6 Å². The van der Waals surface area contributed by atoms with Crippen LogP contribution in [-0.2, 0) is 28.6 Å². The van der Waals surface area contributed by atoms with E-state index in [0.29, 0.717) is 46.1 Å². The number of rotatable bonds is 11. The molecule has 2 atom stereocenters. The topological polar surface area (TPSA) is 217 Å².